The fourth-order valence-corrected chi connectivity index (χ4v) is 8.47. The first-order valence-electron chi connectivity index (χ1n) is 15.2. The van der Waals surface area contributed by atoms with Crippen molar-refractivity contribution in [2.45, 2.75) is 153 Å². The Morgan fingerprint density at radius 3 is 2.00 bits per heavy atom. The summed E-state index contributed by atoms with van der Waals surface area (Å²) in [6.07, 6.45) is 1.63. The molecule has 0 spiro atoms. The lowest BCUT2D eigenvalue weighted by molar-refractivity contribution is -0.241. The van der Waals surface area contributed by atoms with Gasteiger partial charge in [-0.1, -0.05) is 72.6 Å². The number of ketones is 1. The molecule has 40 heavy (non-hydrogen) atoms. The number of hydrogen-bond donors (Lipinski definition) is 0. The van der Waals surface area contributed by atoms with E-state index in [1.165, 1.54) is 6.42 Å². The number of rotatable bonds is 7. The van der Waals surface area contributed by atoms with E-state index in [0.717, 1.165) is 25.7 Å². The van der Waals surface area contributed by atoms with Gasteiger partial charge < -0.3 is 13.6 Å². The molecular formula is C31H53F3O4Si2. The Morgan fingerprint density at radius 1 is 0.925 bits per heavy atom. The van der Waals surface area contributed by atoms with Crippen LogP contribution in [0, 0.1) is 29.6 Å². The van der Waals surface area contributed by atoms with Crippen LogP contribution >= 0.6 is 0 Å². The highest BCUT2D eigenvalue weighted by atomic mass is 28.4. The first kappa shape index (κ1) is 33.8. The Kier molecular flexibility index (Phi) is 9.97. The number of halogens is 3. The van der Waals surface area contributed by atoms with Crippen molar-refractivity contribution in [1.82, 2.24) is 0 Å². The minimum Gasteiger partial charge on any atom is -0.413 e. The van der Waals surface area contributed by atoms with E-state index in [-0.39, 0.29) is 46.8 Å². The van der Waals surface area contributed by atoms with Crippen molar-refractivity contribution < 1.29 is 31.6 Å². The van der Waals surface area contributed by atoms with Crippen LogP contribution in [-0.2, 0) is 18.4 Å². The summed E-state index contributed by atoms with van der Waals surface area (Å²) in [6.45, 7) is 20.7. The molecule has 4 nitrogen and oxygen atoms in total. The molecule has 0 N–H and O–H groups in total. The minimum atomic E-state index is -4.49. The van der Waals surface area contributed by atoms with E-state index in [1.807, 2.05) is 0 Å². The molecule has 0 aromatic heterocycles. The molecule has 230 valence electrons. The van der Waals surface area contributed by atoms with E-state index in [0.29, 0.717) is 12.3 Å². The van der Waals surface area contributed by atoms with Crippen molar-refractivity contribution in [2.75, 3.05) is 6.61 Å². The molecule has 0 radical (unpaired) electrons. The highest BCUT2D eigenvalue weighted by Gasteiger charge is 2.63. The zero-order valence-corrected chi connectivity index (χ0v) is 28.5. The van der Waals surface area contributed by atoms with E-state index >= 15 is 0 Å². The van der Waals surface area contributed by atoms with Gasteiger partial charge in [-0.2, -0.15) is 13.2 Å². The molecule has 0 heterocycles. The van der Waals surface area contributed by atoms with E-state index in [9.17, 15) is 18.0 Å². The topological polar surface area (TPSA) is 44.8 Å². The van der Waals surface area contributed by atoms with Gasteiger partial charge in [0.2, 0.25) is 0 Å². The molecule has 0 amide bonds. The number of fused-ring (bicyclic) bond motifs is 1. The summed E-state index contributed by atoms with van der Waals surface area (Å²) in [7, 11) is -4.33. The van der Waals surface area contributed by atoms with Gasteiger partial charge in [0.1, 0.15) is 18.3 Å². The quantitative estimate of drug-likeness (QED) is 0.216. The lowest BCUT2D eigenvalue weighted by atomic mass is 9.55. The van der Waals surface area contributed by atoms with E-state index in [4.69, 9.17) is 13.6 Å². The number of carbonyl (C=O) groups excluding carboxylic acids is 1. The zero-order chi connectivity index (χ0) is 30.4. The van der Waals surface area contributed by atoms with Gasteiger partial charge >= 0.3 is 6.18 Å². The normalized spacial score (nSPS) is 29.7. The Bertz CT molecular complexity index is 964. The van der Waals surface area contributed by atoms with Crippen molar-refractivity contribution in [3.63, 3.8) is 0 Å². The van der Waals surface area contributed by atoms with Crippen LogP contribution < -0.4 is 0 Å². The van der Waals surface area contributed by atoms with Gasteiger partial charge in [0.25, 0.3) is 0 Å². The van der Waals surface area contributed by atoms with Gasteiger partial charge in [0.05, 0.1) is 12.0 Å². The maximum absolute atomic E-state index is 13.2. The average Bonchev–Trinajstić information content (AvgIpc) is 2.80. The van der Waals surface area contributed by atoms with E-state index in [2.05, 4.69) is 79.6 Å². The predicted octanol–water partition coefficient (Wildman–Crippen LogP) is 8.67. The zero-order valence-electron chi connectivity index (χ0n) is 26.5. The first-order chi connectivity index (χ1) is 18.1. The maximum atomic E-state index is 13.2. The molecular weight excluding hydrogens is 550 g/mol. The third-order valence-corrected chi connectivity index (χ3v) is 19.5. The maximum Gasteiger partial charge on any atom is 0.411 e. The third-order valence-electron chi connectivity index (χ3n) is 10.6. The Balaban J connectivity index is 2.00. The van der Waals surface area contributed by atoms with Crippen LogP contribution in [-0.4, -0.2) is 53.0 Å². The number of hydrogen-bond acceptors (Lipinski definition) is 4. The Morgan fingerprint density at radius 2 is 1.50 bits per heavy atom. The summed E-state index contributed by atoms with van der Waals surface area (Å²) in [6, 6.07) is 0. The van der Waals surface area contributed by atoms with Crippen LogP contribution in [0.25, 0.3) is 0 Å². The van der Waals surface area contributed by atoms with Gasteiger partial charge in [-0.3, -0.25) is 4.79 Å². The molecule has 3 rings (SSSR count). The monoisotopic (exact) mass is 602 g/mol. The minimum absolute atomic E-state index is 0.0292. The summed E-state index contributed by atoms with van der Waals surface area (Å²) in [5, 5.41) is -0.000791. The van der Waals surface area contributed by atoms with Gasteiger partial charge in [0.15, 0.2) is 22.4 Å². The molecule has 0 aromatic rings. The molecule has 0 unspecified atom stereocenters. The smallest absolute Gasteiger partial charge is 0.411 e. The summed E-state index contributed by atoms with van der Waals surface area (Å²) in [4.78, 5) is 12.9. The van der Waals surface area contributed by atoms with Crippen LogP contribution in [0.15, 0.2) is 0 Å². The Labute approximate surface area is 243 Å². The van der Waals surface area contributed by atoms with Gasteiger partial charge in [0, 0.05) is 12.3 Å². The summed E-state index contributed by atoms with van der Waals surface area (Å²) in [5.74, 6) is 6.39. The van der Waals surface area contributed by atoms with Crippen LogP contribution in [0.2, 0.25) is 36.3 Å². The number of alkyl halides is 3. The van der Waals surface area contributed by atoms with Crippen molar-refractivity contribution in [2.24, 2.45) is 17.8 Å². The van der Waals surface area contributed by atoms with E-state index < -0.39 is 40.9 Å². The highest BCUT2D eigenvalue weighted by molar-refractivity contribution is 6.74. The summed E-state index contributed by atoms with van der Waals surface area (Å²) in [5.41, 5.74) is -1.41. The molecule has 9 heteroatoms. The fraction of sp³-hybridized carbons (Fsp3) is 0.903. The second kappa shape index (κ2) is 11.8. The lowest BCUT2D eigenvalue weighted by Gasteiger charge is -2.56. The van der Waals surface area contributed by atoms with E-state index in [1.54, 1.807) is 0 Å². The van der Waals surface area contributed by atoms with Crippen LogP contribution in [0.5, 0.6) is 0 Å². The molecule has 5 atom stereocenters. The standard InChI is InChI=1S/C31H53F3O4Si2/c1-28(2,3)39(7,8)37-25(22-14-12-11-13-15-22)17-16-23-24-20-27(35)30(24,36-21-31(32,33)34)19-18-26(23)38-40(9,10)29(4,5)6/h22-26H,11-15,18-21H2,1-10H3/t23-,24-,25+,26-,30-/m0/s1. The van der Waals surface area contributed by atoms with Crippen molar-refractivity contribution >= 4 is 22.4 Å². The predicted molar refractivity (Wildman–Crippen MR) is 159 cm³/mol. The van der Waals surface area contributed by atoms with Gasteiger partial charge in [-0.25, -0.2) is 0 Å². The largest absolute Gasteiger partial charge is 0.413 e. The number of Topliss-reactive ketones (excluding diaryl/α,β-unsaturated/α-hetero) is 1. The van der Waals surface area contributed by atoms with Crippen LogP contribution in [0.4, 0.5) is 13.2 Å². The molecule has 3 aliphatic rings. The average molecular weight is 603 g/mol. The second-order valence-corrected chi connectivity index (χ2v) is 25.0. The second-order valence-electron chi connectivity index (χ2n) is 15.5. The molecule has 3 fully saturated rings. The molecule has 0 aromatic carbocycles. The van der Waals surface area contributed by atoms with Gasteiger partial charge in [-0.05, 0) is 67.9 Å². The SMILES string of the molecule is CC(C)(C)[Si](C)(C)O[C@H]1CC[C@@]2(OCC(F)(F)F)C(=O)C[C@H]2[C@@H]1C#C[C@@H](O[Si](C)(C)C(C)(C)C)C1CCCCC1. The third kappa shape index (κ3) is 7.45. The van der Waals surface area contributed by atoms with Gasteiger partial charge in [-0.15, -0.1) is 0 Å². The number of carbonyl (C=O) groups is 1. The molecule has 0 aliphatic heterocycles. The summed E-state index contributed by atoms with van der Waals surface area (Å²) >= 11 is 0. The molecule has 0 bridgehead atoms. The molecule has 3 aliphatic carbocycles. The van der Waals surface area contributed by atoms with Crippen molar-refractivity contribution in [1.29, 1.82) is 0 Å². The molecule has 3 saturated carbocycles. The fourth-order valence-electron chi connectivity index (χ4n) is 5.85. The Hall–Kier alpha value is -0.666. The number of ether oxygens (including phenoxy) is 1. The van der Waals surface area contributed by atoms with Crippen molar-refractivity contribution in [3.8, 4) is 11.8 Å². The highest BCUT2D eigenvalue weighted by Crippen LogP contribution is 2.54. The first-order valence-corrected chi connectivity index (χ1v) is 21.0. The van der Waals surface area contributed by atoms with Crippen LogP contribution in [0.3, 0.4) is 0 Å². The summed E-state index contributed by atoms with van der Waals surface area (Å²) < 4.78 is 58.9. The lowest BCUT2D eigenvalue weighted by Crippen LogP contribution is -2.66. The molecule has 0 saturated heterocycles. The van der Waals surface area contributed by atoms with Crippen molar-refractivity contribution in [3.05, 3.63) is 0 Å². The van der Waals surface area contributed by atoms with Crippen LogP contribution in [0.1, 0.15) is 92.9 Å².